The van der Waals surface area contributed by atoms with E-state index in [1.807, 2.05) is 26.0 Å². The van der Waals surface area contributed by atoms with E-state index in [1.165, 1.54) is 11.8 Å². The van der Waals surface area contributed by atoms with E-state index in [1.54, 1.807) is 10.6 Å². The third-order valence-corrected chi connectivity index (χ3v) is 6.25. The molecule has 1 saturated heterocycles. The number of carbonyl (C=O) groups excluding carboxylic acids is 1. The van der Waals surface area contributed by atoms with E-state index < -0.39 is 0 Å². The predicted molar refractivity (Wildman–Crippen MR) is 116 cm³/mol. The second-order valence-electron chi connectivity index (χ2n) is 7.28. The standard InChI is InChI=1S/C20H23ClN6O2S/c1-11-5-6-13(21)8-15(11)27-18(22)17-12(2)25-26-19(17)24-20(27)30-10-16(28)23-9-14-4-3-7-29-14/h5-6,8,14,22H,3-4,7,9-10H2,1-2H3,(H,23,28)(H,25,26)/t14-/m0/s1. The molecule has 10 heteroatoms. The molecule has 3 aromatic rings. The molecule has 1 amide bonds. The van der Waals surface area contributed by atoms with Crippen LogP contribution in [-0.4, -0.2) is 50.7 Å². The van der Waals surface area contributed by atoms with Crippen LogP contribution in [0.5, 0.6) is 0 Å². The van der Waals surface area contributed by atoms with Crippen LogP contribution < -0.4 is 10.8 Å². The van der Waals surface area contributed by atoms with Crippen molar-refractivity contribution >= 4 is 40.3 Å². The number of ether oxygens (including phenoxy) is 1. The highest BCUT2D eigenvalue weighted by atomic mass is 35.5. The molecule has 3 N–H and O–H groups in total. The monoisotopic (exact) mass is 446 g/mol. The van der Waals surface area contributed by atoms with E-state index >= 15 is 0 Å². The Kier molecular flexibility index (Phi) is 6.12. The number of thioether (sulfide) groups is 1. The average molecular weight is 447 g/mol. The number of nitrogens with zero attached hydrogens (tertiary/aromatic N) is 3. The Hall–Kier alpha value is -2.36. The van der Waals surface area contributed by atoms with Crippen molar-refractivity contribution in [2.24, 2.45) is 0 Å². The number of carbonyl (C=O) groups is 1. The first kappa shape index (κ1) is 20.9. The summed E-state index contributed by atoms with van der Waals surface area (Å²) in [4.78, 5) is 17.0. The number of H-pyrrole nitrogens is 1. The minimum absolute atomic E-state index is 0.0966. The van der Waals surface area contributed by atoms with E-state index in [0.29, 0.717) is 27.8 Å². The van der Waals surface area contributed by atoms with Crippen LogP contribution in [0.25, 0.3) is 16.7 Å². The number of fused-ring (bicyclic) bond motifs is 1. The summed E-state index contributed by atoms with van der Waals surface area (Å²) in [6, 6.07) is 5.52. The maximum Gasteiger partial charge on any atom is 0.230 e. The zero-order chi connectivity index (χ0) is 21.3. The van der Waals surface area contributed by atoms with Crippen LogP contribution in [0.4, 0.5) is 0 Å². The molecular formula is C20H23ClN6O2S. The van der Waals surface area contributed by atoms with E-state index in [9.17, 15) is 4.79 Å². The van der Waals surface area contributed by atoms with Crippen molar-refractivity contribution in [1.29, 1.82) is 5.41 Å². The molecule has 0 aliphatic carbocycles. The molecule has 2 aromatic heterocycles. The summed E-state index contributed by atoms with van der Waals surface area (Å²) in [6.07, 6.45) is 2.10. The zero-order valence-corrected chi connectivity index (χ0v) is 18.4. The molecule has 0 bridgehead atoms. The Morgan fingerprint density at radius 1 is 1.47 bits per heavy atom. The number of hydrogen-bond acceptors (Lipinski definition) is 6. The summed E-state index contributed by atoms with van der Waals surface area (Å²) in [5.74, 6) is 0.0738. The van der Waals surface area contributed by atoms with Gasteiger partial charge in [-0.1, -0.05) is 29.4 Å². The summed E-state index contributed by atoms with van der Waals surface area (Å²) >= 11 is 7.50. The second-order valence-corrected chi connectivity index (χ2v) is 8.66. The van der Waals surface area contributed by atoms with Gasteiger partial charge in [0.1, 0.15) is 5.49 Å². The number of aromatic nitrogens is 4. The van der Waals surface area contributed by atoms with Gasteiger partial charge in [0.25, 0.3) is 0 Å². The van der Waals surface area contributed by atoms with Crippen LogP contribution in [-0.2, 0) is 9.53 Å². The topological polar surface area (TPSA) is 109 Å². The van der Waals surface area contributed by atoms with Gasteiger partial charge in [-0.15, -0.1) is 0 Å². The lowest BCUT2D eigenvalue weighted by Crippen LogP contribution is -2.33. The van der Waals surface area contributed by atoms with Crippen LogP contribution in [0.3, 0.4) is 0 Å². The molecule has 8 nitrogen and oxygen atoms in total. The molecule has 0 spiro atoms. The number of benzene rings is 1. The van der Waals surface area contributed by atoms with Crippen LogP contribution >= 0.6 is 23.4 Å². The van der Waals surface area contributed by atoms with Crippen LogP contribution in [0, 0.1) is 19.3 Å². The van der Waals surface area contributed by atoms with Gasteiger partial charge in [-0.05, 0) is 44.4 Å². The van der Waals surface area contributed by atoms with Crippen molar-refractivity contribution in [2.75, 3.05) is 18.9 Å². The molecule has 1 aliphatic rings. The quantitative estimate of drug-likeness (QED) is 0.398. The van der Waals surface area contributed by atoms with Gasteiger partial charge in [0.05, 0.1) is 22.9 Å². The minimum atomic E-state index is -0.100. The Morgan fingerprint density at radius 2 is 2.30 bits per heavy atom. The minimum Gasteiger partial charge on any atom is -0.376 e. The van der Waals surface area contributed by atoms with Crippen LogP contribution in [0.15, 0.2) is 23.4 Å². The highest BCUT2D eigenvalue weighted by Gasteiger charge is 2.19. The fraction of sp³-hybridized carbons (Fsp3) is 0.400. The van der Waals surface area contributed by atoms with Crippen molar-refractivity contribution in [3.8, 4) is 5.69 Å². The molecule has 4 rings (SSSR count). The predicted octanol–water partition coefficient (Wildman–Crippen LogP) is 2.89. The lowest BCUT2D eigenvalue weighted by molar-refractivity contribution is -0.119. The summed E-state index contributed by atoms with van der Waals surface area (Å²) in [5, 5.41) is 20.5. The van der Waals surface area contributed by atoms with E-state index in [0.717, 1.165) is 36.4 Å². The number of halogens is 1. The Bertz CT molecular complexity index is 1150. The van der Waals surface area contributed by atoms with Gasteiger partial charge in [-0.3, -0.25) is 19.9 Å². The lowest BCUT2D eigenvalue weighted by atomic mass is 10.2. The molecule has 0 radical (unpaired) electrons. The number of hydrogen-bond donors (Lipinski definition) is 3. The van der Waals surface area contributed by atoms with Gasteiger partial charge >= 0.3 is 0 Å². The first-order valence-corrected chi connectivity index (χ1v) is 11.1. The fourth-order valence-corrected chi connectivity index (χ4v) is 4.49. The number of amides is 1. The van der Waals surface area contributed by atoms with Crippen molar-refractivity contribution < 1.29 is 9.53 Å². The molecule has 1 aliphatic heterocycles. The number of aromatic amines is 1. The Labute approximate surface area is 182 Å². The van der Waals surface area contributed by atoms with Gasteiger partial charge in [0.15, 0.2) is 10.8 Å². The Balaban J connectivity index is 1.65. The fourth-order valence-electron chi connectivity index (χ4n) is 3.49. The lowest BCUT2D eigenvalue weighted by Gasteiger charge is -2.16. The molecule has 1 fully saturated rings. The molecular weight excluding hydrogens is 424 g/mol. The highest BCUT2D eigenvalue weighted by molar-refractivity contribution is 7.99. The summed E-state index contributed by atoms with van der Waals surface area (Å²) in [6.45, 7) is 5.08. The maximum absolute atomic E-state index is 12.4. The number of nitrogens with one attached hydrogen (secondary N) is 3. The van der Waals surface area contributed by atoms with Gasteiger partial charge in [0, 0.05) is 23.9 Å². The molecule has 30 heavy (non-hydrogen) atoms. The van der Waals surface area contributed by atoms with Gasteiger partial charge in [0.2, 0.25) is 5.91 Å². The summed E-state index contributed by atoms with van der Waals surface area (Å²) in [7, 11) is 0. The zero-order valence-electron chi connectivity index (χ0n) is 16.8. The first-order valence-electron chi connectivity index (χ1n) is 9.74. The molecule has 1 aromatic carbocycles. The smallest absolute Gasteiger partial charge is 0.230 e. The summed E-state index contributed by atoms with van der Waals surface area (Å²) in [5.41, 5.74) is 3.17. The van der Waals surface area contributed by atoms with Crippen LogP contribution in [0.1, 0.15) is 24.1 Å². The highest BCUT2D eigenvalue weighted by Crippen LogP contribution is 2.25. The Morgan fingerprint density at radius 3 is 3.07 bits per heavy atom. The number of aryl methyl sites for hydroxylation is 2. The van der Waals surface area contributed by atoms with Gasteiger partial charge in [-0.25, -0.2) is 4.98 Å². The average Bonchev–Trinajstić information content (AvgIpc) is 3.37. The van der Waals surface area contributed by atoms with Crippen molar-refractivity contribution in [3.63, 3.8) is 0 Å². The van der Waals surface area contributed by atoms with Crippen LogP contribution in [0.2, 0.25) is 5.02 Å². The van der Waals surface area contributed by atoms with Gasteiger partial charge < -0.3 is 10.1 Å². The third kappa shape index (κ3) is 4.23. The van der Waals surface area contributed by atoms with E-state index in [2.05, 4.69) is 20.5 Å². The largest absolute Gasteiger partial charge is 0.376 e. The molecule has 0 saturated carbocycles. The van der Waals surface area contributed by atoms with Gasteiger partial charge in [-0.2, -0.15) is 5.10 Å². The summed E-state index contributed by atoms with van der Waals surface area (Å²) < 4.78 is 7.27. The SMILES string of the molecule is Cc1ccc(Cl)cc1-n1c(SCC(=O)NC[C@@H]2CCCO2)nc2n[nH]c(C)c2c1=N. The first-order chi connectivity index (χ1) is 14.4. The van der Waals surface area contributed by atoms with Crippen molar-refractivity contribution in [1.82, 2.24) is 25.1 Å². The van der Waals surface area contributed by atoms with E-state index in [-0.39, 0.29) is 23.3 Å². The maximum atomic E-state index is 12.4. The molecule has 158 valence electrons. The molecule has 0 unspecified atom stereocenters. The normalized spacial score (nSPS) is 16.3. The van der Waals surface area contributed by atoms with E-state index in [4.69, 9.17) is 21.7 Å². The number of rotatable bonds is 6. The van der Waals surface area contributed by atoms with Crippen molar-refractivity contribution in [3.05, 3.63) is 40.0 Å². The van der Waals surface area contributed by atoms with Crippen molar-refractivity contribution in [2.45, 2.75) is 37.9 Å². The molecule has 3 heterocycles. The molecule has 1 atom stereocenters. The second kappa shape index (κ2) is 8.79. The third-order valence-electron chi connectivity index (χ3n) is 5.08.